The number of carboxylic acid groups (broad SMARTS) is 1. The molecule has 2 rings (SSSR count). The number of carboxylic acids is 1. The molecule has 1 fully saturated rings. The van der Waals surface area contributed by atoms with Crippen LogP contribution in [0.4, 0.5) is 4.39 Å². The number of carbonyl (C=O) groups is 1. The van der Waals surface area contributed by atoms with Gasteiger partial charge in [-0.05, 0) is 43.7 Å². The van der Waals surface area contributed by atoms with Gasteiger partial charge in [-0.15, -0.1) is 0 Å². The Labute approximate surface area is 135 Å². The minimum atomic E-state index is -0.706. The van der Waals surface area contributed by atoms with Crippen LogP contribution in [0.5, 0.6) is 0 Å². The Morgan fingerprint density at radius 3 is 2.45 bits per heavy atom. The van der Waals surface area contributed by atoms with Gasteiger partial charge in [0, 0.05) is 22.7 Å². The summed E-state index contributed by atoms with van der Waals surface area (Å²) in [5.41, 5.74) is 0.625. The Kier molecular flexibility index (Phi) is 5.81. The van der Waals surface area contributed by atoms with Crippen molar-refractivity contribution >= 4 is 17.6 Å². The van der Waals surface area contributed by atoms with E-state index in [9.17, 15) is 9.18 Å². The molecule has 1 aliphatic carbocycles. The number of hydrogen-bond donors (Lipinski definition) is 2. The van der Waals surface area contributed by atoms with E-state index in [0.29, 0.717) is 23.4 Å². The lowest BCUT2D eigenvalue weighted by Crippen LogP contribution is -2.39. The molecule has 22 heavy (non-hydrogen) atoms. The molecule has 122 valence electrons. The number of aliphatic carboxylic acids is 1. The quantitative estimate of drug-likeness (QED) is 0.842. The second-order valence-electron chi connectivity index (χ2n) is 6.44. The lowest BCUT2D eigenvalue weighted by molar-refractivity contribution is -0.142. The van der Waals surface area contributed by atoms with E-state index in [0.717, 1.165) is 12.8 Å². The molecule has 3 nitrogen and oxygen atoms in total. The monoisotopic (exact) mass is 327 g/mol. The van der Waals surface area contributed by atoms with Crippen molar-refractivity contribution in [3.63, 3.8) is 0 Å². The summed E-state index contributed by atoms with van der Waals surface area (Å²) >= 11 is 5.82. The number of rotatable bonds is 5. The Bertz CT molecular complexity index is 527. The van der Waals surface area contributed by atoms with Crippen LogP contribution < -0.4 is 5.32 Å². The Hall–Kier alpha value is -1.13. The van der Waals surface area contributed by atoms with Crippen molar-refractivity contribution in [3.05, 3.63) is 34.6 Å². The van der Waals surface area contributed by atoms with E-state index >= 15 is 0 Å². The summed E-state index contributed by atoms with van der Waals surface area (Å²) in [6.07, 6.45) is 2.99. The van der Waals surface area contributed by atoms with Gasteiger partial charge in [-0.3, -0.25) is 4.79 Å². The first-order valence-corrected chi connectivity index (χ1v) is 8.20. The summed E-state index contributed by atoms with van der Waals surface area (Å²) in [7, 11) is 0. The minimum absolute atomic E-state index is 0.0938. The zero-order valence-electron chi connectivity index (χ0n) is 13.0. The summed E-state index contributed by atoms with van der Waals surface area (Å²) < 4.78 is 14.2. The lowest BCUT2D eigenvalue weighted by atomic mass is 9.84. The number of halogens is 2. The Morgan fingerprint density at radius 2 is 1.95 bits per heavy atom. The minimum Gasteiger partial charge on any atom is -0.481 e. The van der Waals surface area contributed by atoms with Gasteiger partial charge in [0.25, 0.3) is 0 Å². The van der Waals surface area contributed by atoms with Crippen LogP contribution in [0.3, 0.4) is 0 Å². The van der Waals surface area contributed by atoms with Gasteiger partial charge in [0.05, 0.1) is 5.92 Å². The normalized spacial score (nSPS) is 23.5. The third-order valence-corrected chi connectivity index (χ3v) is 4.69. The molecule has 5 heteroatoms. The van der Waals surface area contributed by atoms with Gasteiger partial charge in [-0.25, -0.2) is 4.39 Å². The van der Waals surface area contributed by atoms with Crippen LogP contribution in [0.15, 0.2) is 18.2 Å². The second-order valence-corrected chi connectivity index (χ2v) is 6.88. The predicted molar refractivity (Wildman–Crippen MR) is 85.5 cm³/mol. The lowest BCUT2D eigenvalue weighted by Gasteiger charge is -2.33. The molecule has 0 aliphatic heterocycles. The van der Waals surface area contributed by atoms with Crippen molar-refractivity contribution in [2.24, 2.45) is 11.8 Å². The number of benzene rings is 1. The maximum Gasteiger partial charge on any atom is 0.306 e. The zero-order valence-corrected chi connectivity index (χ0v) is 13.7. The van der Waals surface area contributed by atoms with Gasteiger partial charge >= 0.3 is 5.97 Å². The highest BCUT2D eigenvalue weighted by atomic mass is 35.5. The average Bonchev–Trinajstić information content (AvgIpc) is 2.45. The highest BCUT2D eigenvalue weighted by Crippen LogP contribution is 2.30. The van der Waals surface area contributed by atoms with Gasteiger partial charge < -0.3 is 10.4 Å². The first-order valence-electron chi connectivity index (χ1n) is 7.82. The van der Waals surface area contributed by atoms with Crippen molar-refractivity contribution in [2.45, 2.75) is 51.6 Å². The van der Waals surface area contributed by atoms with Crippen molar-refractivity contribution < 1.29 is 14.3 Å². The van der Waals surface area contributed by atoms with Gasteiger partial charge in [-0.1, -0.05) is 31.5 Å². The molecule has 0 amide bonds. The van der Waals surface area contributed by atoms with Crippen molar-refractivity contribution in [3.8, 4) is 0 Å². The van der Waals surface area contributed by atoms with Crippen LogP contribution in [-0.4, -0.2) is 17.1 Å². The molecular formula is C17H23ClFNO2. The fourth-order valence-electron chi connectivity index (χ4n) is 3.16. The van der Waals surface area contributed by atoms with Crippen LogP contribution in [-0.2, 0) is 4.79 Å². The van der Waals surface area contributed by atoms with E-state index in [1.54, 1.807) is 12.1 Å². The summed E-state index contributed by atoms with van der Waals surface area (Å²) in [5.74, 6) is -1.00. The maximum atomic E-state index is 14.2. The highest BCUT2D eigenvalue weighted by molar-refractivity contribution is 6.30. The van der Waals surface area contributed by atoms with Crippen LogP contribution in [0, 0.1) is 17.7 Å². The molecule has 2 N–H and O–H groups in total. The van der Waals surface area contributed by atoms with Gasteiger partial charge in [0.1, 0.15) is 5.82 Å². The third-order valence-electron chi connectivity index (χ3n) is 4.46. The molecule has 1 aromatic rings. The number of nitrogens with one attached hydrogen (secondary N) is 1. The summed E-state index contributed by atoms with van der Waals surface area (Å²) in [4.78, 5) is 11.0. The summed E-state index contributed by atoms with van der Waals surface area (Å²) in [6.45, 7) is 4.10. The fourth-order valence-corrected chi connectivity index (χ4v) is 3.31. The van der Waals surface area contributed by atoms with E-state index in [1.807, 2.05) is 0 Å². The van der Waals surface area contributed by atoms with Crippen molar-refractivity contribution in [2.75, 3.05) is 0 Å². The van der Waals surface area contributed by atoms with Gasteiger partial charge in [0.15, 0.2) is 0 Å². The van der Waals surface area contributed by atoms with Crippen molar-refractivity contribution in [1.29, 1.82) is 0 Å². The Balaban J connectivity index is 2.05. The van der Waals surface area contributed by atoms with E-state index < -0.39 is 5.97 Å². The molecule has 1 saturated carbocycles. The topological polar surface area (TPSA) is 49.3 Å². The largest absolute Gasteiger partial charge is 0.481 e. The Morgan fingerprint density at radius 1 is 1.32 bits per heavy atom. The first kappa shape index (κ1) is 17.2. The summed E-state index contributed by atoms with van der Waals surface area (Å²) in [5, 5.41) is 13.0. The van der Waals surface area contributed by atoms with Crippen LogP contribution in [0.1, 0.15) is 51.1 Å². The molecule has 1 aliphatic rings. The molecule has 0 spiro atoms. The van der Waals surface area contributed by atoms with E-state index in [4.69, 9.17) is 16.7 Å². The smallest absolute Gasteiger partial charge is 0.306 e. The predicted octanol–water partition coefficient (Wildman–Crippen LogP) is 4.41. The first-order chi connectivity index (χ1) is 10.4. The molecule has 1 unspecified atom stereocenters. The molecule has 1 atom stereocenters. The third kappa shape index (κ3) is 4.20. The van der Waals surface area contributed by atoms with Crippen molar-refractivity contribution in [1.82, 2.24) is 5.32 Å². The molecular weight excluding hydrogens is 305 g/mol. The average molecular weight is 328 g/mol. The maximum absolute atomic E-state index is 14.2. The molecule has 0 saturated heterocycles. The van der Waals surface area contributed by atoms with Crippen LogP contribution >= 0.6 is 11.6 Å². The van der Waals surface area contributed by atoms with E-state index in [-0.39, 0.29) is 29.7 Å². The van der Waals surface area contributed by atoms with E-state index in [2.05, 4.69) is 19.2 Å². The van der Waals surface area contributed by atoms with Crippen LogP contribution in [0.2, 0.25) is 5.02 Å². The standard InChI is InChI=1S/C17H23ClFNO2/c1-10(2)16(14-8-5-12(18)9-15(14)19)20-13-6-3-11(4-7-13)17(21)22/h5,8-11,13,16,20H,3-4,6-7H2,1-2H3,(H,21,22). The molecule has 0 bridgehead atoms. The zero-order chi connectivity index (χ0) is 16.3. The SMILES string of the molecule is CC(C)C(NC1CCC(C(=O)O)CC1)c1ccc(Cl)cc1F. The molecule has 0 radical (unpaired) electrons. The molecule has 0 aromatic heterocycles. The van der Waals surface area contributed by atoms with Gasteiger partial charge in [0.2, 0.25) is 0 Å². The molecule has 0 heterocycles. The number of hydrogen-bond acceptors (Lipinski definition) is 2. The fraction of sp³-hybridized carbons (Fsp3) is 0.588. The van der Waals surface area contributed by atoms with Crippen LogP contribution in [0.25, 0.3) is 0 Å². The highest BCUT2D eigenvalue weighted by Gasteiger charge is 2.29. The van der Waals surface area contributed by atoms with E-state index in [1.165, 1.54) is 6.07 Å². The second kappa shape index (κ2) is 7.42. The van der Waals surface area contributed by atoms with Gasteiger partial charge in [-0.2, -0.15) is 0 Å². The summed E-state index contributed by atoms with van der Waals surface area (Å²) in [6, 6.07) is 4.92. The molecule has 1 aromatic carbocycles.